The van der Waals surface area contributed by atoms with Crippen molar-refractivity contribution >= 4 is 11.6 Å². The quantitative estimate of drug-likeness (QED) is 0.488. The molecule has 30 heavy (non-hydrogen) atoms. The van der Waals surface area contributed by atoms with Gasteiger partial charge in [0.2, 0.25) is 5.88 Å². The summed E-state index contributed by atoms with van der Waals surface area (Å²) in [6.07, 6.45) is 0.335. The summed E-state index contributed by atoms with van der Waals surface area (Å²) in [6.45, 7) is 7.45. The van der Waals surface area contributed by atoms with Crippen molar-refractivity contribution in [2.45, 2.75) is 45.9 Å². The molecule has 1 heterocycles. The highest BCUT2D eigenvalue weighted by molar-refractivity contribution is 6.32. The van der Waals surface area contributed by atoms with Crippen molar-refractivity contribution in [2.24, 2.45) is 7.05 Å². The van der Waals surface area contributed by atoms with E-state index in [9.17, 15) is 5.11 Å². The van der Waals surface area contributed by atoms with Crippen LogP contribution in [-0.2, 0) is 13.6 Å². The molecule has 0 aliphatic heterocycles. The van der Waals surface area contributed by atoms with Gasteiger partial charge in [0.25, 0.3) is 0 Å². The number of aryl methyl sites for hydroxylation is 1. The zero-order valence-electron chi connectivity index (χ0n) is 18.0. The molecule has 5 nitrogen and oxygen atoms in total. The Kier molecular flexibility index (Phi) is 7.53. The Bertz CT molecular complexity index is 956. The Morgan fingerprint density at radius 1 is 1.10 bits per heavy atom. The predicted molar refractivity (Wildman–Crippen MR) is 122 cm³/mol. The monoisotopic (exact) mass is 427 g/mol. The highest BCUT2D eigenvalue weighted by Gasteiger charge is 2.24. The number of ether oxygens (including phenoxy) is 1. The second-order valence-corrected chi connectivity index (χ2v) is 8.15. The highest BCUT2D eigenvalue weighted by Crippen LogP contribution is 2.36. The number of para-hydroxylation sites is 1. The summed E-state index contributed by atoms with van der Waals surface area (Å²) in [6, 6.07) is 17.8. The van der Waals surface area contributed by atoms with Crippen LogP contribution >= 0.6 is 11.6 Å². The number of hydrogen-bond donors (Lipinski definition) is 1. The number of nitrogens with zero attached hydrogens (tertiary/aromatic N) is 3. The first-order valence-corrected chi connectivity index (χ1v) is 10.7. The summed E-state index contributed by atoms with van der Waals surface area (Å²) in [7, 11) is 1.88. The van der Waals surface area contributed by atoms with Gasteiger partial charge in [-0.25, -0.2) is 4.68 Å². The lowest BCUT2D eigenvalue weighted by molar-refractivity contribution is 0.0878. The molecule has 1 atom stereocenters. The van der Waals surface area contributed by atoms with Crippen LogP contribution in [0.2, 0.25) is 5.02 Å². The van der Waals surface area contributed by atoms with Crippen LogP contribution < -0.4 is 4.74 Å². The number of hydrogen-bond acceptors (Lipinski definition) is 4. The van der Waals surface area contributed by atoms with Gasteiger partial charge >= 0.3 is 0 Å². The van der Waals surface area contributed by atoms with Gasteiger partial charge in [0.1, 0.15) is 11.4 Å². The molecule has 0 bridgehead atoms. The first-order valence-electron chi connectivity index (χ1n) is 10.4. The normalized spacial score (nSPS) is 12.5. The molecule has 0 aliphatic rings. The molecule has 1 aromatic heterocycles. The lowest BCUT2D eigenvalue weighted by Gasteiger charge is -2.28. The van der Waals surface area contributed by atoms with Crippen molar-refractivity contribution in [3.05, 3.63) is 65.2 Å². The molecular weight excluding hydrogens is 398 g/mol. The van der Waals surface area contributed by atoms with E-state index in [4.69, 9.17) is 21.4 Å². The van der Waals surface area contributed by atoms with Gasteiger partial charge in [0.15, 0.2) is 0 Å². The second kappa shape index (κ2) is 10.1. The second-order valence-electron chi connectivity index (χ2n) is 7.74. The first kappa shape index (κ1) is 22.3. The number of aliphatic hydroxyl groups excluding tert-OH is 1. The van der Waals surface area contributed by atoms with Crippen molar-refractivity contribution in [3.8, 4) is 22.9 Å². The lowest BCUT2D eigenvalue weighted by atomic mass is 10.1. The van der Waals surface area contributed by atoms with E-state index in [0.717, 1.165) is 16.8 Å². The number of aliphatic hydroxyl groups is 1. The molecule has 3 rings (SSSR count). The van der Waals surface area contributed by atoms with Crippen LogP contribution in [0.1, 0.15) is 32.8 Å². The van der Waals surface area contributed by atoms with Crippen LogP contribution in [0.3, 0.4) is 0 Å². The average molecular weight is 428 g/mol. The third-order valence-electron chi connectivity index (χ3n) is 5.19. The molecule has 0 aliphatic carbocycles. The Morgan fingerprint density at radius 2 is 1.77 bits per heavy atom. The average Bonchev–Trinajstić information content (AvgIpc) is 3.05. The van der Waals surface area contributed by atoms with Crippen molar-refractivity contribution in [2.75, 3.05) is 6.54 Å². The SMILES string of the molecule is CC[C@@H](O)CN(Cc1c(-c2ccccc2)nn(C)c1Oc1ccccc1Cl)C(C)C. The maximum atomic E-state index is 10.3. The summed E-state index contributed by atoms with van der Waals surface area (Å²) in [5.41, 5.74) is 2.87. The van der Waals surface area contributed by atoms with Gasteiger partial charge in [-0.2, -0.15) is 5.10 Å². The van der Waals surface area contributed by atoms with Crippen LogP contribution in [0.5, 0.6) is 11.6 Å². The zero-order valence-corrected chi connectivity index (χ0v) is 18.8. The number of rotatable bonds is 9. The van der Waals surface area contributed by atoms with Crippen LogP contribution in [0.4, 0.5) is 0 Å². The molecule has 0 fully saturated rings. The maximum Gasteiger partial charge on any atom is 0.222 e. The summed E-state index contributed by atoms with van der Waals surface area (Å²) in [5.74, 6) is 1.24. The van der Waals surface area contributed by atoms with Crippen molar-refractivity contribution in [3.63, 3.8) is 0 Å². The summed E-state index contributed by atoms with van der Waals surface area (Å²) in [4.78, 5) is 2.25. The molecule has 0 saturated carbocycles. The molecule has 6 heteroatoms. The Morgan fingerprint density at radius 3 is 2.40 bits per heavy atom. The fraction of sp³-hybridized carbons (Fsp3) is 0.375. The molecule has 0 saturated heterocycles. The fourth-order valence-electron chi connectivity index (χ4n) is 3.34. The molecule has 0 spiro atoms. The van der Waals surface area contributed by atoms with E-state index in [1.54, 1.807) is 4.68 Å². The minimum Gasteiger partial charge on any atom is -0.437 e. The van der Waals surface area contributed by atoms with E-state index in [2.05, 4.69) is 18.7 Å². The molecule has 0 radical (unpaired) electrons. The van der Waals surface area contributed by atoms with Crippen LogP contribution in [0, 0.1) is 0 Å². The van der Waals surface area contributed by atoms with Crippen molar-refractivity contribution in [1.82, 2.24) is 14.7 Å². The minimum atomic E-state index is -0.378. The van der Waals surface area contributed by atoms with E-state index in [0.29, 0.717) is 36.2 Å². The van der Waals surface area contributed by atoms with E-state index in [1.165, 1.54) is 0 Å². The first-order chi connectivity index (χ1) is 14.4. The molecule has 2 aromatic carbocycles. The van der Waals surface area contributed by atoms with Gasteiger partial charge in [-0.1, -0.05) is 61.0 Å². The standard InChI is InChI=1S/C24H30ClN3O2/c1-5-19(29)15-28(17(2)3)16-20-23(18-11-7-6-8-12-18)26-27(4)24(20)30-22-14-10-9-13-21(22)25/h6-14,17,19,29H,5,15-16H2,1-4H3/t19-/m1/s1. The van der Waals surface area contributed by atoms with Gasteiger partial charge < -0.3 is 9.84 Å². The van der Waals surface area contributed by atoms with Crippen LogP contribution in [0.15, 0.2) is 54.6 Å². The topological polar surface area (TPSA) is 50.5 Å². The van der Waals surface area contributed by atoms with Gasteiger partial charge in [-0.3, -0.25) is 4.90 Å². The third kappa shape index (κ3) is 5.22. The Hall–Kier alpha value is -2.34. The van der Waals surface area contributed by atoms with E-state index < -0.39 is 0 Å². The largest absolute Gasteiger partial charge is 0.437 e. The van der Waals surface area contributed by atoms with Gasteiger partial charge in [0, 0.05) is 31.7 Å². The molecular formula is C24H30ClN3O2. The number of benzene rings is 2. The molecule has 3 aromatic rings. The zero-order chi connectivity index (χ0) is 21.7. The molecule has 0 unspecified atom stereocenters. The third-order valence-corrected chi connectivity index (χ3v) is 5.50. The summed E-state index contributed by atoms with van der Waals surface area (Å²) >= 11 is 6.35. The molecule has 160 valence electrons. The Labute approximate surface area is 183 Å². The molecule has 0 amide bonds. The number of aromatic nitrogens is 2. The van der Waals surface area contributed by atoms with Crippen LogP contribution in [-0.4, -0.2) is 38.5 Å². The minimum absolute atomic E-state index is 0.253. The summed E-state index contributed by atoms with van der Waals surface area (Å²) in [5, 5.41) is 15.6. The van der Waals surface area contributed by atoms with E-state index in [1.807, 2.05) is 68.6 Å². The van der Waals surface area contributed by atoms with Gasteiger partial charge in [0.05, 0.1) is 16.7 Å². The van der Waals surface area contributed by atoms with E-state index in [-0.39, 0.29) is 12.1 Å². The Balaban J connectivity index is 2.06. The predicted octanol–water partition coefficient (Wildman–Crippen LogP) is 5.51. The number of halogens is 1. The highest BCUT2D eigenvalue weighted by atomic mass is 35.5. The molecule has 1 N–H and O–H groups in total. The maximum absolute atomic E-state index is 10.3. The van der Waals surface area contributed by atoms with Gasteiger partial charge in [-0.05, 0) is 32.4 Å². The smallest absolute Gasteiger partial charge is 0.222 e. The fourth-order valence-corrected chi connectivity index (χ4v) is 3.52. The lowest BCUT2D eigenvalue weighted by Crippen LogP contribution is -2.37. The van der Waals surface area contributed by atoms with E-state index >= 15 is 0 Å². The van der Waals surface area contributed by atoms with Gasteiger partial charge in [-0.15, -0.1) is 0 Å². The van der Waals surface area contributed by atoms with Crippen molar-refractivity contribution < 1.29 is 9.84 Å². The van der Waals surface area contributed by atoms with Crippen LogP contribution in [0.25, 0.3) is 11.3 Å². The summed E-state index contributed by atoms with van der Waals surface area (Å²) < 4.78 is 8.02. The van der Waals surface area contributed by atoms with Crippen molar-refractivity contribution in [1.29, 1.82) is 0 Å².